The molecule has 0 spiro atoms. The van der Waals surface area contributed by atoms with Crippen molar-refractivity contribution in [2.24, 2.45) is 0 Å². The van der Waals surface area contributed by atoms with E-state index in [2.05, 4.69) is 10.2 Å². The smallest absolute Gasteiger partial charge is 0.146 e. The van der Waals surface area contributed by atoms with Gasteiger partial charge in [0.05, 0.1) is 5.69 Å². The lowest BCUT2D eigenvalue weighted by Gasteiger charge is -2.01. The van der Waals surface area contributed by atoms with Crippen LogP contribution in [0, 0.1) is 5.82 Å². The highest BCUT2D eigenvalue weighted by molar-refractivity contribution is 5.26. The third-order valence-corrected chi connectivity index (χ3v) is 2.32. The molecule has 0 aliphatic heterocycles. The number of aryl methyl sites for hydroxylation is 2. The zero-order valence-electron chi connectivity index (χ0n) is 8.73. The lowest BCUT2D eigenvalue weighted by atomic mass is 10.1. The highest BCUT2D eigenvalue weighted by Gasteiger charge is 1.98. The molecule has 0 amide bonds. The van der Waals surface area contributed by atoms with Crippen LogP contribution < -0.4 is 5.73 Å². The van der Waals surface area contributed by atoms with E-state index in [1.807, 2.05) is 6.07 Å². The Balaban J connectivity index is 1.97. The largest absolute Gasteiger partial charge is 0.382 e. The fourth-order valence-corrected chi connectivity index (χ4v) is 1.43. The molecule has 0 unspecified atom stereocenters. The number of halogens is 1. The third-order valence-electron chi connectivity index (χ3n) is 2.32. The van der Waals surface area contributed by atoms with E-state index in [1.54, 1.807) is 18.2 Å². The number of benzene rings is 1. The quantitative estimate of drug-likeness (QED) is 0.855. The van der Waals surface area contributed by atoms with Gasteiger partial charge in [-0.25, -0.2) is 4.39 Å². The molecule has 4 heteroatoms. The van der Waals surface area contributed by atoms with Crippen LogP contribution >= 0.6 is 0 Å². The van der Waals surface area contributed by atoms with E-state index in [0.29, 0.717) is 5.82 Å². The maximum Gasteiger partial charge on any atom is 0.146 e. The summed E-state index contributed by atoms with van der Waals surface area (Å²) in [6, 6.07) is 10.1. The van der Waals surface area contributed by atoms with Crippen LogP contribution in [-0.4, -0.2) is 10.2 Å². The van der Waals surface area contributed by atoms with Gasteiger partial charge in [0.1, 0.15) is 11.6 Å². The summed E-state index contributed by atoms with van der Waals surface area (Å²) < 4.78 is 12.7. The molecule has 16 heavy (non-hydrogen) atoms. The molecule has 2 aromatic rings. The zero-order valence-corrected chi connectivity index (χ0v) is 8.73. The summed E-state index contributed by atoms with van der Waals surface area (Å²) in [6.45, 7) is 0. The first-order chi connectivity index (χ1) is 7.74. The molecule has 1 heterocycles. The van der Waals surface area contributed by atoms with Crippen molar-refractivity contribution in [1.82, 2.24) is 10.2 Å². The molecule has 0 bridgehead atoms. The number of anilines is 1. The molecule has 1 aromatic carbocycles. The minimum atomic E-state index is -0.212. The Hall–Kier alpha value is -1.97. The number of nitrogen functional groups attached to an aromatic ring is 1. The zero-order chi connectivity index (χ0) is 11.4. The van der Waals surface area contributed by atoms with Crippen LogP contribution in [0.15, 0.2) is 36.4 Å². The van der Waals surface area contributed by atoms with E-state index in [4.69, 9.17) is 5.73 Å². The van der Waals surface area contributed by atoms with Gasteiger partial charge in [-0.3, -0.25) is 0 Å². The average Bonchev–Trinajstić information content (AvgIpc) is 2.30. The molecular formula is C12H12FN3. The maximum atomic E-state index is 12.7. The number of aromatic nitrogens is 2. The standard InChI is InChI=1S/C12H12FN3/c13-10-4-1-9(2-5-10)3-6-11-7-8-12(14)16-15-11/h1-2,4-5,7-8H,3,6H2,(H2,14,16). The van der Waals surface area contributed by atoms with Crippen LogP contribution in [0.4, 0.5) is 10.2 Å². The highest BCUT2D eigenvalue weighted by Crippen LogP contribution is 2.07. The number of nitrogens with zero attached hydrogens (tertiary/aromatic N) is 2. The van der Waals surface area contributed by atoms with Gasteiger partial charge in [-0.05, 0) is 42.7 Å². The highest BCUT2D eigenvalue weighted by atomic mass is 19.1. The van der Waals surface area contributed by atoms with Crippen LogP contribution in [0.25, 0.3) is 0 Å². The van der Waals surface area contributed by atoms with E-state index in [0.717, 1.165) is 24.1 Å². The van der Waals surface area contributed by atoms with Crippen molar-refractivity contribution in [3.8, 4) is 0 Å². The molecule has 2 rings (SSSR count). The summed E-state index contributed by atoms with van der Waals surface area (Å²) in [6.07, 6.45) is 1.60. The number of hydrogen-bond acceptors (Lipinski definition) is 3. The lowest BCUT2D eigenvalue weighted by molar-refractivity contribution is 0.627. The molecule has 0 aliphatic carbocycles. The first-order valence-corrected chi connectivity index (χ1v) is 5.06. The fraction of sp³-hybridized carbons (Fsp3) is 0.167. The monoisotopic (exact) mass is 217 g/mol. The molecular weight excluding hydrogens is 205 g/mol. The topological polar surface area (TPSA) is 51.8 Å². The molecule has 2 N–H and O–H groups in total. The van der Waals surface area contributed by atoms with Crippen molar-refractivity contribution in [1.29, 1.82) is 0 Å². The summed E-state index contributed by atoms with van der Waals surface area (Å²) in [4.78, 5) is 0. The molecule has 0 saturated heterocycles. The first-order valence-electron chi connectivity index (χ1n) is 5.06. The van der Waals surface area contributed by atoms with Crippen molar-refractivity contribution >= 4 is 5.82 Å². The van der Waals surface area contributed by atoms with Crippen molar-refractivity contribution < 1.29 is 4.39 Å². The van der Waals surface area contributed by atoms with E-state index in [-0.39, 0.29) is 5.82 Å². The fourth-order valence-electron chi connectivity index (χ4n) is 1.43. The Bertz CT molecular complexity index is 405. The Morgan fingerprint density at radius 3 is 2.31 bits per heavy atom. The van der Waals surface area contributed by atoms with Crippen LogP contribution in [0.2, 0.25) is 0 Å². The molecule has 0 fully saturated rings. The number of hydrogen-bond donors (Lipinski definition) is 1. The van der Waals surface area contributed by atoms with Crippen molar-refractivity contribution in [3.05, 3.63) is 53.5 Å². The van der Waals surface area contributed by atoms with Crippen molar-refractivity contribution in [2.45, 2.75) is 12.8 Å². The second-order valence-corrected chi connectivity index (χ2v) is 3.58. The Kier molecular flexibility index (Phi) is 3.10. The predicted molar refractivity (Wildman–Crippen MR) is 60.3 cm³/mol. The molecule has 0 radical (unpaired) electrons. The van der Waals surface area contributed by atoms with Crippen LogP contribution in [-0.2, 0) is 12.8 Å². The summed E-state index contributed by atoms with van der Waals surface area (Å²) in [5.74, 6) is 0.210. The van der Waals surface area contributed by atoms with Gasteiger partial charge in [-0.15, -0.1) is 5.10 Å². The number of rotatable bonds is 3. The van der Waals surface area contributed by atoms with Crippen LogP contribution in [0.1, 0.15) is 11.3 Å². The van der Waals surface area contributed by atoms with Crippen LogP contribution in [0.5, 0.6) is 0 Å². The van der Waals surface area contributed by atoms with Crippen molar-refractivity contribution in [3.63, 3.8) is 0 Å². The summed E-state index contributed by atoms with van der Waals surface area (Å²) in [5, 5.41) is 7.74. The maximum absolute atomic E-state index is 12.7. The van der Waals surface area contributed by atoms with Gasteiger partial charge in [0, 0.05) is 0 Å². The molecule has 0 aliphatic rings. The Morgan fingerprint density at radius 2 is 1.69 bits per heavy atom. The normalized spacial score (nSPS) is 10.3. The van der Waals surface area contributed by atoms with Gasteiger partial charge in [-0.1, -0.05) is 12.1 Å². The minimum Gasteiger partial charge on any atom is -0.382 e. The third kappa shape index (κ3) is 2.76. The first kappa shape index (κ1) is 10.5. The number of nitrogens with two attached hydrogens (primary N) is 1. The summed E-state index contributed by atoms with van der Waals surface area (Å²) in [7, 11) is 0. The molecule has 0 atom stereocenters. The SMILES string of the molecule is Nc1ccc(CCc2ccc(F)cc2)nn1. The van der Waals surface area contributed by atoms with Gasteiger partial charge in [0.15, 0.2) is 0 Å². The van der Waals surface area contributed by atoms with Crippen molar-refractivity contribution in [2.75, 3.05) is 5.73 Å². The predicted octanol–water partition coefficient (Wildman–Crippen LogP) is 1.98. The average molecular weight is 217 g/mol. The Labute approximate surface area is 93.1 Å². The summed E-state index contributed by atoms with van der Waals surface area (Å²) in [5.41, 5.74) is 7.41. The lowest BCUT2D eigenvalue weighted by Crippen LogP contribution is -1.99. The molecule has 0 saturated carbocycles. The second-order valence-electron chi connectivity index (χ2n) is 3.58. The Morgan fingerprint density at radius 1 is 0.938 bits per heavy atom. The molecule has 1 aromatic heterocycles. The second kappa shape index (κ2) is 4.70. The van der Waals surface area contributed by atoms with E-state index in [9.17, 15) is 4.39 Å². The van der Waals surface area contributed by atoms with Gasteiger partial charge in [0.25, 0.3) is 0 Å². The van der Waals surface area contributed by atoms with Gasteiger partial charge < -0.3 is 5.73 Å². The van der Waals surface area contributed by atoms with Gasteiger partial charge in [-0.2, -0.15) is 5.10 Å². The molecule has 3 nitrogen and oxygen atoms in total. The minimum absolute atomic E-state index is 0.212. The van der Waals surface area contributed by atoms with Gasteiger partial charge in [0.2, 0.25) is 0 Å². The van der Waals surface area contributed by atoms with E-state index >= 15 is 0 Å². The van der Waals surface area contributed by atoms with E-state index in [1.165, 1.54) is 12.1 Å². The molecule has 82 valence electrons. The van der Waals surface area contributed by atoms with E-state index < -0.39 is 0 Å². The van der Waals surface area contributed by atoms with Gasteiger partial charge >= 0.3 is 0 Å². The summed E-state index contributed by atoms with van der Waals surface area (Å²) >= 11 is 0. The van der Waals surface area contributed by atoms with Crippen LogP contribution in [0.3, 0.4) is 0 Å².